The first-order valence-electron chi connectivity index (χ1n) is 6.09. The summed E-state index contributed by atoms with van der Waals surface area (Å²) in [7, 11) is 0. The van der Waals surface area contributed by atoms with Crippen LogP contribution in [0.3, 0.4) is 0 Å². The number of allylic oxidation sites excluding steroid dienone is 1. The van der Waals surface area contributed by atoms with Crippen molar-refractivity contribution in [2.75, 3.05) is 10.6 Å². The van der Waals surface area contributed by atoms with E-state index in [1.807, 2.05) is 12.2 Å². The highest BCUT2D eigenvalue weighted by atomic mass is 16.2. The number of para-hydroxylation sites is 2. The van der Waals surface area contributed by atoms with Crippen LogP contribution in [0.1, 0.15) is 12.8 Å². The molecule has 2 unspecified atom stereocenters. The molecule has 2 amide bonds. The van der Waals surface area contributed by atoms with Crippen LogP contribution in [0.4, 0.5) is 11.4 Å². The van der Waals surface area contributed by atoms with E-state index in [0.717, 1.165) is 12.8 Å². The maximum Gasteiger partial charge on any atom is 0.241 e. The van der Waals surface area contributed by atoms with Crippen molar-refractivity contribution < 1.29 is 9.59 Å². The lowest BCUT2D eigenvalue weighted by molar-refractivity contribution is -0.122. The molecule has 4 heteroatoms. The molecule has 18 heavy (non-hydrogen) atoms. The van der Waals surface area contributed by atoms with Crippen molar-refractivity contribution in [2.24, 2.45) is 11.8 Å². The number of fused-ring (bicyclic) bond motifs is 1. The molecule has 1 heterocycles. The van der Waals surface area contributed by atoms with E-state index in [4.69, 9.17) is 5.73 Å². The number of benzene rings is 1. The Morgan fingerprint density at radius 3 is 2.67 bits per heavy atom. The number of anilines is 2. The van der Waals surface area contributed by atoms with Crippen molar-refractivity contribution in [1.29, 1.82) is 0 Å². The van der Waals surface area contributed by atoms with E-state index >= 15 is 0 Å². The van der Waals surface area contributed by atoms with Crippen molar-refractivity contribution in [1.82, 2.24) is 0 Å². The van der Waals surface area contributed by atoms with Gasteiger partial charge in [0.2, 0.25) is 11.8 Å². The van der Waals surface area contributed by atoms with Crippen LogP contribution >= 0.6 is 0 Å². The molecule has 2 N–H and O–H groups in total. The number of carbonyl (C=O) groups is 2. The second-order valence-electron chi connectivity index (χ2n) is 4.71. The molecule has 0 spiro atoms. The monoisotopic (exact) mass is 242 g/mol. The number of amides is 2. The molecule has 1 aromatic rings. The number of imide groups is 1. The Hall–Kier alpha value is -2.10. The Morgan fingerprint density at radius 2 is 1.94 bits per heavy atom. The predicted molar refractivity (Wildman–Crippen MR) is 68.7 cm³/mol. The molecular weight excluding hydrogens is 228 g/mol. The number of carbonyl (C=O) groups excluding carboxylic acids is 2. The zero-order valence-corrected chi connectivity index (χ0v) is 9.87. The van der Waals surface area contributed by atoms with Gasteiger partial charge in [-0.05, 0) is 25.0 Å². The maximum atomic E-state index is 12.3. The van der Waals surface area contributed by atoms with Crippen LogP contribution in [-0.4, -0.2) is 11.8 Å². The summed E-state index contributed by atoms with van der Waals surface area (Å²) < 4.78 is 0. The van der Waals surface area contributed by atoms with E-state index in [1.165, 1.54) is 4.90 Å². The molecule has 1 aliphatic heterocycles. The van der Waals surface area contributed by atoms with Gasteiger partial charge in [-0.3, -0.25) is 9.59 Å². The highest BCUT2D eigenvalue weighted by molar-refractivity contribution is 6.23. The van der Waals surface area contributed by atoms with Gasteiger partial charge in [0.25, 0.3) is 0 Å². The molecule has 0 aromatic heterocycles. The van der Waals surface area contributed by atoms with Gasteiger partial charge in [-0.15, -0.1) is 0 Å². The van der Waals surface area contributed by atoms with E-state index in [-0.39, 0.29) is 23.7 Å². The van der Waals surface area contributed by atoms with Crippen LogP contribution < -0.4 is 10.6 Å². The fraction of sp³-hybridized carbons (Fsp3) is 0.286. The van der Waals surface area contributed by atoms with Crippen LogP contribution in [0.15, 0.2) is 36.4 Å². The lowest BCUT2D eigenvalue weighted by atomic mass is 9.86. The van der Waals surface area contributed by atoms with Crippen molar-refractivity contribution in [2.45, 2.75) is 12.8 Å². The average molecular weight is 242 g/mol. The molecule has 92 valence electrons. The Labute approximate surface area is 105 Å². The minimum Gasteiger partial charge on any atom is -0.397 e. The van der Waals surface area contributed by atoms with Gasteiger partial charge in [-0.1, -0.05) is 24.3 Å². The number of nitrogens with two attached hydrogens (primary N) is 1. The van der Waals surface area contributed by atoms with Crippen LogP contribution in [0.5, 0.6) is 0 Å². The summed E-state index contributed by atoms with van der Waals surface area (Å²) in [6.07, 6.45) is 5.44. The normalized spacial score (nSPS) is 26.6. The molecule has 1 aliphatic carbocycles. The molecule has 4 nitrogen and oxygen atoms in total. The van der Waals surface area contributed by atoms with E-state index in [2.05, 4.69) is 0 Å². The fourth-order valence-corrected chi connectivity index (χ4v) is 2.72. The summed E-state index contributed by atoms with van der Waals surface area (Å²) in [4.78, 5) is 25.9. The SMILES string of the molecule is Nc1ccccc1N1C(=O)C2C=CCCC2C1=O. The van der Waals surface area contributed by atoms with Crippen molar-refractivity contribution >= 4 is 23.2 Å². The molecule has 1 aromatic carbocycles. The minimum absolute atomic E-state index is 0.118. The standard InChI is InChI=1S/C14H14N2O2/c15-11-7-3-4-8-12(11)16-13(17)9-5-1-2-6-10(9)14(16)18/h1,3-5,7-10H,2,6,15H2. The van der Waals surface area contributed by atoms with Gasteiger partial charge in [-0.2, -0.15) is 0 Å². The number of rotatable bonds is 1. The third-order valence-corrected chi connectivity index (χ3v) is 3.64. The predicted octanol–water partition coefficient (Wildman–Crippen LogP) is 1.72. The summed E-state index contributed by atoms with van der Waals surface area (Å²) in [5, 5.41) is 0. The highest BCUT2D eigenvalue weighted by Gasteiger charge is 2.47. The molecule has 2 atom stereocenters. The summed E-state index contributed by atoms with van der Waals surface area (Å²) in [6.45, 7) is 0. The number of nitrogens with zero attached hydrogens (tertiary/aromatic N) is 1. The van der Waals surface area contributed by atoms with Gasteiger partial charge in [0.15, 0.2) is 0 Å². The van der Waals surface area contributed by atoms with Crippen LogP contribution in [0.25, 0.3) is 0 Å². The fourth-order valence-electron chi connectivity index (χ4n) is 2.72. The zero-order chi connectivity index (χ0) is 12.7. The Kier molecular flexibility index (Phi) is 2.44. The zero-order valence-electron chi connectivity index (χ0n) is 9.87. The molecule has 0 bridgehead atoms. The van der Waals surface area contributed by atoms with Crippen molar-refractivity contribution in [3.05, 3.63) is 36.4 Å². The van der Waals surface area contributed by atoms with Gasteiger partial charge < -0.3 is 5.73 Å². The Balaban J connectivity index is 2.04. The second-order valence-corrected chi connectivity index (χ2v) is 4.71. The van der Waals surface area contributed by atoms with Gasteiger partial charge in [-0.25, -0.2) is 4.90 Å². The summed E-state index contributed by atoms with van der Waals surface area (Å²) in [5.74, 6) is -0.779. The molecule has 1 fully saturated rings. The van der Waals surface area contributed by atoms with Gasteiger partial charge >= 0.3 is 0 Å². The molecule has 2 aliphatic rings. The van der Waals surface area contributed by atoms with Crippen molar-refractivity contribution in [3.63, 3.8) is 0 Å². The van der Waals surface area contributed by atoms with Crippen LogP contribution in [0, 0.1) is 11.8 Å². The van der Waals surface area contributed by atoms with E-state index in [9.17, 15) is 9.59 Å². The first kappa shape index (κ1) is 11.0. The number of hydrogen-bond acceptors (Lipinski definition) is 3. The summed E-state index contributed by atoms with van der Waals surface area (Å²) in [5.41, 5.74) is 6.82. The van der Waals surface area contributed by atoms with E-state index < -0.39 is 0 Å². The molecule has 0 radical (unpaired) electrons. The minimum atomic E-state index is -0.300. The number of nitrogen functional groups attached to an aromatic ring is 1. The van der Waals surface area contributed by atoms with E-state index in [0.29, 0.717) is 11.4 Å². The Bertz CT molecular complexity index is 550. The second kappa shape index (κ2) is 3.98. The summed E-state index contributed by atoms with van der Waals surface area (Å²) in [6, 6.07) is 6.99. The smallest absolute Gasteiger partial charge is 0.241 e. The molecule has 1 saturated heterocycles. The first-order chi connectivity index (χ1) is 8.70. The van der Waals surface area contributed by atoms with Gasteiger partial charge in [0.1, 0.15) is 0 Å². The number of hydrogen-bond donors (Lipinski definition) is 1. The van der Waals surface area contributed by atoms with Gasteiger partial charge in [0, 0.05) is 0 Å². The third kappa shape index (κ3) is 1.45. The molecular formula is C14H14N2O2. The average Bonchev–Trinajstić information content (AvgIpc) is 2.64. The summed E-state index contributed by atoms with van der Waals surface area (Å²) >= 11 is 0. The van der Waals surface area contributed by atoms with Crippen LogP contribution in [-0.2, 0) is 9.59 Å². The Morgan fingerprint density at radius 1 is 1.17 bits per heavy atom. The quantitative estimate of drug-likeness (QED) is 0.463. The molecule has 3 rings (SSSR count). The highest BCUT2D eigenvalue weighted by Crippen LogP contribution is 2.38. The first-order valence-corrected chi connectivity index (χ1v) is 6.09. The van der Waals surface area contributed by atoms with Gasteiger partial charge in [0.05, 0.1) is 23.2 Å². The molecule has 0 saturated carbocycles. The van der Waals surface area contributed by atoms with Crippen molar-refractivity contribution in [3.8, 4) is 0 Å². The lowest BCUT2D eigenvalue weighted by Crippen LogP contribution is -2.31. The topological polar surface area (TPSA) is 63.4 Å². The van der Waals surface area contributed by atoms with E-state index in [1.54, 1.807) is 24.3 Å². The maximum absolute atomic E-state index is 12.3. The third-order valence-electron chi connectivity index (χ3n) is 3.64. The van der Waals surface area contributed by atoms with Crippen LogP contribution in [0.2, 0.25) is 0 Å². The largest absolute Gasteiger partial charge is 0.397 e. The lowest BCUT2D eigenvalue weighted by Gasteiger charge is -2.16.